The van der Waals surface area contributed by atoms with Crippen LogP contribution in [0.1, 0.15) is 18.3 Å². The van der Waals surface area contributed by atoms with Gasteiger partial charge in [0, 0.05) is 18.9 Å². The largest absolute Gasteiger partial charge is 0.466 e. The zero-order valence-electron chi connectivity index (χ0n) is 9.28. The van der Waals surface area contributed by atoms with Crippen LogP contribution in [0.5, 0.6) is 0 Å². The molecule has 1 heterocycles. The lowest BCUT2D eigenvalue weighted by Gasteiger charge is -2.02. The van der Waals surface area contributed by atoms with Crippen LogP contribution >= 0.6 is 0 Å². The smallest absolute Gasteiger partial charge is 0.310 e. The summed E-state index contributed by atoms with van der Waals surface area (Å²) in [6.07, 6.45) is 1.30. The van der Waals surface area contributed by atoms with Gasteiger partial charge in [0.05, 0.1) is 13.0 Å². The normalized spacial score (nSPS) is 10.1. The van der Waals surface area contributed by atoms with Gasteiger partial charge in [-0.25, -0.2) is 4.98 Å². The fraction of sp³-hybridized carbons (Fsp3) is 0.500. The van der Waals surface area contributed by atoms with Crippen LogP contribution in [0.3, 0.4) is 0 Å². The minimum absolute atomic E-state index is 0.0660. The Morgan fingerprint density at radius 3 is 2.88 bits per heavy atom. The van der Waals surface area contributed by atoms with Crippen molar-refractivity contribution in [1.82, 2.24) is 9.97 Å². The van der Waals surface area contributed by atoms with Crippen LogP contribution in [-0.4, -0.2) is 29.7 Å². The Morgan fingerprint density at radius 2 is 2.31 bits per heavy atom. The van der Waals surface area contributed by atoms with Gasteiger partial charge < -0.3 is 14.5 Å². The number of aromatic amines is 1. The first-order chi connectivity index (χ1) is 7.67. The molecule has 6 nitrogen and oxygen atoms in total. The topological polar surface area (TPSA) is 81.3 Å². The van der Waals surface area contributed by atoms with Crippen LogP contribution in [-0.2, 0) is 27.3 Å². The quantitative estimate of drug-likeness (QED) is 0.716. The van der Waals surface area contributed by atoms with Crippen molar-refractivity contribution in [3.8, 4) is 0 Å². The molecule has 0 aliphatic heterocycles. The lowest BCUT2D eigenvalue weighted by Crippen LogP contribution is -2.20. The van der Waals surface area contributed by atoms with Gasteiger partial charge in [0.1, 0.15) is 12.4 Å². The average Bonchev–Trinajstić information content (AvgIpc) is 2.23. The predicted molar refractivity (Wildman–Crippen MR) is 55.9 cm³/mol. The molecule has 1 aromatic rings. The zero-order chi connectivity index (χ0) is 12.0. The van der Waals surface area contributed by atoms with E-state index in [1.54, 1.807) is 6.92 Å². The Balaban J connectivity index is 2.75. The number of ether oxygens (including phenoxy) is 2. The van der Waals surface area contributed by atoms with Gasteiger partial charge in [0.2, 0.25) is 0 Å². The van der Waals surface area contributed by atoms with Crippen LogP contribution in [0, 0.1) is 0 Å². The van der Waals surface area contributed by atoms with E-state index in [0.29, 0.717) is 18.0 Å². The molecule has 0 radical (unpaired) electrons. The van der Waals surface area contributed by atoms with Crippen molar-refractivity contribution in [2.45, 2.75) is 20.0 Å². The lowest BCUT2D eigenvalue weighted by molar-refractivity contribution is -0.142. The molecular weight excluding hydrogens is 212 g/mol. The van der Waals surface area contributed by atoms with Crippen LogP contribution < -0.4 is 5.56 Å². The predicted octanol–water partition coefficient (Wildman–Crippen LogP) is 0.0219. The summed E-state index contributed by atoms with van der Waals surface area (Å²) in [5, 5.41) is 0. The third kappa shape index (κ3) is 3.47. The van der Waals surface area contributed by atoms with Crippen molar-refractivity contribution in [2.24, 2.45) is 0 Å². The summed E-state index contributed by atoms with van der Waals surface area (Å²) < 4.78 is 9.55. The van der Waals surface area contributed by atoms with Crippen molar-refractivity contribution in [2.75, 3.05) is 13.7 Å². The van der Waals surface area contributed by atoms with Crippen LogP contribution in [0.2, 0.25) is 0 Å². The molecule has 0 bridgehead atoms. The molecule has 0 atom stereocenters. The number of H-pyrrole nitrogens is 1. The summed E-state index contributed by atoms with van der Waals surface area (Å²) >= 11 is 0. The van der Waals surface area contributed by atoms with E-state index in [2.05, 4.69) is 9.97 Å². The fourth-order valence-corrected chi connectivity index (χ4v) is 1.16. The van der Waals surface area contributed by atoms with Gasteiger partial charge in [-0.2, -0.15) is 0 Å². The summed E-state index contributed by atoms with van der Waals surface area (Å²) in [7, 11) is 1.51. The van der Waals surface area contributed by atoms with Crippen LogP contribution in [0.25, 0.3) is 0 Å². The van der Waals surface area contributed by atoms with Gasteiger partial charge in [-0.15, -0.1) is 0 Å². The van der Waals surface area contributed by atoms with E-state index in [9.17, 15) is 9.59 Å². The fourth-order valence-electron chi connectivity index (χ4n) is 1.16. The Bertz CT molecular complexity index is 414. The molecule has 88 valence electrons. The standard InChI is InChI=1S/C10H14N2O4/c1-3-16-9(13)4-7-5-11-8(6-15-2)12-10(7)14/h5H,3-4,6H2,1-2H3,(H,11,12,14). The van der Waals surface area contributed by atoms with Gasteiger partial charge in [-0.3, -0.25) is 9.59 Å². The molecule has 0 aliphatic carbocycles. The van der Waals surface area contributed by atoms with Crippen molar-refractivity contribution < 1.29 is 14.3 Å². The Kier molecular flexibility index (Phi) is 4.65. The van der Waals surface area contributed by atoms with E-state index in [0.717, 1.165) is 0 Å². The summed E-state index contributed by atoms with van der Waals surface area (Å²) in [5.74, 6) is -0.00518. The monoisotopic (exact) mass is 226 g/mol. The molecule has 1 aromatic heterocycles. The molecule has 1 N–H and O–H groups in total. The van der Waals surface area contributed by atoms with Gasteiger partial charge in [0.15, 0.2) is 0 Å². The maximum Gasteiger partial charge on any atom is 0.310 e. The molecule has 0 fully saturated rings. The highest BCUT2D eigenvalue weighted by Crippen LogP contribution is 1.95. The molecule has 6 heteroatoms. The molecule has 1 rings (SSSR count). The highest BCUT2D eigenvalue weighted by atomic mass is 16.5. The molecule has 0 spiro atoms. The highest BCUT2D eigenvalue weighted by molar-refractivity contribution is 5.72. The van der Waals surface area contributed by atoms with E-state index in [-0.39, 0.29) is 18.6 Å². The summed E-state index contributed by atoms with van der Waals surface area (Å²) in [6.45, 7) is 2.24. The molecule has 0 saturated heterocycles. The number of esters is 1. The first kappa shape index (κ1) is 12.4. The Hall–Kier alpha value is -1.69. The minimum Gasteiger partial charge on any atom is -0.466 e. The average molecular weight is 226 g/mol. The first-order valence-electron chi connectivity index (χ1n) is 4.89. The van der Waals surface area contributed by atoms with Crippen molar-refractivity contribution in [1.29, 1.82) is 0 Å². The second kappa shape index (κ2) is 6.02. The minimum atomic E-state index is -0.436. The maximum absolute atomic E-state index is 11.5. The number of rotatable bonds is 5. The maximum atomic E-state index is 11.5. The highest BCUT2D eigenvalue weighted by Gasteiger charge is 2.08. The summed E-state index contributed by atoms with van der Waals surface area (Å²) in [5.41, 5.74) is -0.0478. The summed E-state index contributed by atoms with van der Waals surface area (Å²) in [4.78, 5) is 29.1. The van der Waals surface area contributed by atoms with Gasteiger partial charge in [0.25, 0.3) is 5.56 Å². The third-order valence-electron chi connectivity index (χ3n) is 1.85. The van der Waals surface area contributed by atoms with Crippen LogP contribution in [0.15, 0.2) is 11.0 Å². The van der Waals surface area contributed by atoms with E-state index in [1.165, 1.54) is 13.3 Å². The van der Waals surface area contributed by atoms with Gasteiger partial charge in [-0.05, 0) is 6.92 Å². The molecule has 0 unspecified atom stereocenters. The Labute approximate surface area is 92.6 Å². The number of carbonyl (C=O) groups is 1. The number of carbonyl (C=O) groups excluding carboxylic acids is 1. The molecule has 0 amide bonds. The van der Waals surface area contributed by atoms with E-state index < -0.39 is 5.97 Å². The third-order valence-corrected chi connectivity index (χ3v) is 1.85. The summed E-state index contributed by atoms with van der Waals surface area (Å²) in [6, 6.07) is 0. The number of nitrogens with zero attached hydrogens (tertiary/aromatic N) is 1. The van der Waals surface area contributed by atoms with Crippen molar-refractivity contribution in [3.63, 3.8) is 0 Å². The Morgan fingerprint density at radius 1 is 1.56 bits per heavy atom. The molecule has 0 aliphatic rings. The van der Waals surface area contributed by atoms with Crippen molar-refractivity contribution >= 4 is 5.97 Å². The van der Waals surface area contributed by atoms with E-state index in [4.69, 9.17) is 9.47 Å². The lowest BCUT2D eigenvalue weighted by atomic mass is 10.2. The first-order valence-corrected chi connectivity index (χ1v) is 4.89. The zero-order valence-corrected chi connectivity index (χ0v) is 9.28. The number of hydrogen-bond donors (Lipinski definition) is 1. The number of aromatic nitrogens is 2. The second-order valence-corrected chi connectivity index (χ2v) is 3.10. The van der Waals surface area contributed by atoms with Gasteiger partial charge in [-0.1, -0.05) is 0 Å². The number of nitrogens with one attached hydrogen (secondary N) is 1. The molecule has 0 aromatic carbocycles. The second-order valence-electron chi connectivity index (χ2n) is 3.10. The molecule has 16 heavy (non-hydrogen) atoms. The van der Waals surface area contributed by atoms with Gasteiger partial charge >= 0.3 is 5.97 Å². The molecule has 0 saturated carbocycles. The van der Waals surface area contributed by atoms with Crippen LogP contribution in [0.4, 0.5) is 0 Å². The number of methoxy groups -OCH3 is 1. The van der Waals surface area contributed by atoms with Crippen molar-refractivity contribution in [3.05, 3.63) is 27.9 Å². The van der Waals surface area contributed by atoms with E-state index in [1.807, 2.05) is 0 Å². The van der Waals surface area contributed by atoms with E-state index >= 15 is 0 Å². The molecular formula is C10H14N2O4. The SMILES string of the molecule is CCOC(=O)Cc1cnc(COC)[nH]c1=O. The number of hydrogen-bond acceptors (Lipinski definition) is 5.